The van der Waals surface area contributed by atoms with Crippen LogP contribution in [0.15, 0.2) is 29.3 Å². The van der Waals surface area contributed by atoms with Crippen LogP contribution in [0.1, 0.15) is 32.4 Å². The number of aliphatic imine (C=N–C) groups is 1. The third-order valence-corrected chi connectivity index (χ3v) is 4.33. The van der Waals surface area contributed by atoms with Crippen LogP contribution < -0.4 is 5.32 Å². The van der Waals surface area contributed by atoms with Gasteiger partial charge in [-0.2, -0.15) is 0 Å². The molecule has 0 bridgehead atoms. The molecule has 0 aliphatic carbocycles. The summed E-state index contributed by atoms with van der Waals surface area (Å²) < 4.78 is 19.3. The minimum absolute atomic E-state index is 0. The third-order valence-electron chi connectivity index (χ3n) is 4.33. The summed E-state index contributed by atoms with van der Waals surface area (Å²) in [4.78, 5) is 20.2. The van der Waals surface area contributed by atoms with E-state index in [2.05, 4.69) is 29.1 Å². The number of likely N-dealkylation sites (N-methyl/N-ethyl adjacent to an activating group) is 1. The van der Waals surface area contributed by atoms with Crippen molar-refractivity contribution < 1.29 is 13.9 Å². The molecule has 8 heteroatoms. The number of morpholine rings is 1. The molecule has 1 saturated heterocycles. The number of rotatable bonds is 5. The van der Waals surface area contributed by atoms with E-state index in [0.29, 0.717) is 25.0 Å². The van der Waals surface area contributed by atoms with Crippen molar-refractivity contribution >= 4 is 35.8 Å². The molecule has 1 aliphatic heterocycles. The molecule has 1 N–H and O–H groups in total. The van der Waals surface area contributed by atoms with Crippen molar-refractivity contribution in [3.63, 3.8) is 0 Å². The van der Waals surface area contributed by atoms with Gasteiger partial charge in [0.25, 0.3) is 0 Å². The Morgan fingerprint density at radius 2 is 1.96 bits per heavy atom. The summed E-state index contributed by atoms with van der Waals surface area (Å²) in [5, 5.41) is 3.37. The molecule has 0 spiro atoms. The molecule has 1 aromatic rings. The second kappa shape index (κ2) is 11.5. The molecule has 0 saturated carbocycles. The fraction of sp³-hybridized carbons (Fsp3) is 0.600. The van der Waals surface area contributed by atoms with Crippen molar-refractivity contribution in [1.29, 1.82) is 0 Å². The van der Waals surface area contributed by atoms with Gasteiger partial charge < -0.3 is 19.9 Å². The average Bonchev–Trinajstić information content (AvgIpc) is 2.61. The van der Waals surface area contributed by atoms with Crippen LogP contribution in [-0.2, 0) is 9.53 Å². The fourth-order valence-electron chi connectivity index (χ4n) is 2.83. The zero-order valence-electron chi connectivity index (χ0n) is 17.3. The maximum atomic E-state index is 13.2. The summed E-state index contributed by atoms with van der Waals surface area (Å²) in [7, 11) is 3.45. The lowest BCUT2D eigenvalue weighted by molar-refractivity contribution is -0.127. The number of amides is 1. The van der Waals surface area contributed by atoms with Crippen LogP contribution in [0.3, 0.4) is 0 Å². The number of hydrogen-bond donors (Lipinski definition) is 1. The maximum Gasteiger partial charge on any atom is 0.243 e. The first-order chi connectivity index (χ1) is 12.8. The van der Waals surface area contributed by atoms with Gasteiger partial charge in [-0.1, -0.05) is 26.0 Å². The molecule has 2 atom stereocenters. The molecule has 1 aliphatic rings. The van der Waals surface area contributed by atoms with Gasteiger partial charge in [0.15, 0.2) is 5.96 Å². The van der Waals surface area contributed by atoms with Crippen molar-refractivity contribution in [3.8, 4) is 0 Å². The first-order valence-electron chi connectivity index (χ1n) is 9.40. The Balaban J connectivity index is 0.00000392. The summed E-state index contributed by atoms with van der Waals surface area (Å²) in [5.41, 5.74) is 0.931. The number of carbonyl (C=O) groups is 1. The molecular formula is C20H32FIN4O2. The van der Waals surface area contributed by atoms with Crippen molar-refractivity contribution in [3.05, 3.63) is 35.6 Å². The van der Waals surface area contributed by atoms with Crippen molar-refractivity contribution in [2.24, 2.45) is 10.9 Å². The highest BCUT2D eigenvalue weighted by molar-refractivity contribution is 14.0. The largest absolute Gasteiger partial charge is 0.367 e. The first kappa shape index (κ1) is 24.6. The normalized spacial score (nSPS) is 20.0. The second-order valence-electron chi connectivity index (χ2n) is 7.59. The molecular weight excluding hydrogens is 474 g/mol. The quantitative estimate of drug-likeness (QED) is 0.379. The number of nitrogens with zero attached hydrogens (tertiary/aromatic N) is 3. The topological polar surface area (TPSA) is 57.2 Å². The Kier molecular flexibility index (Phi) is 10.2. The van der Waals surface area contributed by atoms with Crippen LogP contribution in [0, 0.1) is 11.7 Å². The van der Waals surface area contributed by atoms with Gasteiger partial charge in [0.05, 0.1) is 12.6 Å². The van der Waals surface area contributed by atoms with Crippen LogP contribution in [0.25, 0.3) is 0 Å². The Labute approximate surface area is 184 Å². The summed E-state index contributed by atoms with van der Waals surface area (Å²) >= 11 is 0. The van der Waals surface area contributed by atoms with Crippen molar-refractivity contribution in [2.75, 3.05) is 40.3 Å². The number of halogens is 2. The molecule has 28 heavy (non-hydrogen) atoms. The van der Waals surface area contributed by atoms with Gasteiger partial charge in [-0.15, -0.1) is 24.0 Å². The van der Waals surface area contributed by atoms with E-state index in [1.165, 1.54) is 17.0 Å². The van der Waals surface area contributed by atoms with E-state index < -0.39 is 0 Å². The Morgan fingerprint density at radius 3 is 2.54 bits per heavy atom. The molecule has 2 unspecified atom stereocenters. The first-order valence-corrected chi connectivity index (χ1v) is 9.40. The van der Waals surface area contributed by atoms with Crippen molar-refractivity contribution in [1.82, 2.24) is 15.1 Å². The predicted molar refractivity (Wildman–Crippen MR) is 121 cm³/mol. The third kappa shape index (κ3) is 7.54. The molecule has 1 heterocycles. The van der Waals surface area contributed by atoms with E-state index in [1.807, 2.05) is 6.92 Å². The van der Waals surface area contributed by atoms with Crippen LogP contribution in [0.4, 0.5) is 4.39 Å². The lowest BCUT2D eigenvalue weighted by atomic mass is 10.1. The minimum atomic E-state index is -0.262. The van der Waals surface area contributed by atoms with Gasteiger partial charge >= 0.3 is 0 Å². The number of nitrogens with one attached hydrogen (secondary N) is 1. The van der Waals surface area contributed by atoms with E-state index >= 15 is 0 Å². The molecule has 1 amide bonds. The molecule has 6 nitrogen and oxygen atoms in total. The predicted octanol–water partition coefficient (Wildman–Crippen LogP) is 2.90. The molecule has 1 fully saturated rings. The number of hydrogen-bond acceptors (Lipinski definition) is 3. The minimum Gasteiger partial charge on any atom is -0.367 e. The lowest BCUT2D eigenvalue weighted by Gasteiger charge is -2.39. The van der Waals surface area contributed by atoms with Crippen molar-refractivity contribution in [2.45, 2.75) is 33.0 Å². The Bertz CT molecular complexity index is 652. The van der Waals surface area contributed by atoms with Gasteiger partial charge in [0.2, 0.25) is 5.91 Å². The SMILES string of the molecule is CC(C)CNC(=NCC(=O)N(C)C)N1CC(C)OC(c2ccc(F)cc2)C1.I. The zero-order chi connectivity index (χ0) is 20.0. The summed E-state index contributed by atoms with van der Waals surface area (Å²) in [6.45, 7) is 8.39. The number of benzene rings is 1. The monoisotopic (exact) mass is 506 g/mol. The van der Waals surface area contributed by atoms with E-state index in [4.69, 9.17) is 4.74 Å². The number of carbonyl (C=O) groups excluding carboxylic acids is 1. The smallest absolute Gasteiger partial charge is 0.243 e. The van der Waals surface area contributed by atoms with Gasteiger partial charge in [-0.3, -0.25) is 4.79 Å². The maximum absolute atomic E-state index is 13.2. The number of ether oxygens (including phenoxy) is 1. The summed E-state index contributed by atoms with van der Waals surface area (Å²) in [6.07, 6.45) is -0.186. The molecule has 2 rings (SSSR count). The molecule has 158 valence electrons. The summed E-state index contributed by atoms with van der Waals surface area (Å²) in [6, 6.07) is 6.41. The molecule has 1 aromatic carbocycles. The molecule has 0 radical (unpaired) electrons. The second-order valence-corrected chi connectivity index (χ2v) is 7.59. The highest BCUT2D eigenvalue weighted by atomic mass is 127. The van der Waals surface area contributed by atoms with Gasteiger partial charge in [0, 0.05) is 27.2 Å². The van der Waals surface area contributed by atoms with Crippen LogP contribution in [0.2, 0.25) is 0 Å². The lowest BCUT2D eigenvalue weighted by Crippen LogP contribution is -2.51. The molecule has 0 aromatic heterocycles. The van der Waals surface area contributed by atoms with E-state index in [9.17, 15) is 9.18 Å². The van der Waals surface area contributed by atoms with Gasteiger partial charge in [-0.05, 0) is 30.5 Å². The van der Waals surface area contributed by atoms with Crippen LogP contribution in [0.5, 0.6) is 0 Å². The average molecular weight is 506 g/mol. The highest BCUT2D eigenvalue weighted by Gasteiger charge is 2.28. The van der Waals surface area contributed by atoms with Crippen LogP contribution in [-0.4, -0.2) is 68.0 Å². The standard InChI is InChI=1S/C20H31FN4O2.HI/c1-14(2)10-22-20(23-11-19(26)24(4)5)25-12-15(3)27-18(13-25)16-6-8-17(21)9-7-16;/h6-9,14-15,18H,10-13H2,1-5H3,(H,22,23);1H. The van der Waals surface area contributed by atoms with E-state index in [-0.39, 0.29) is 54.5 Å². The highest BCUT2D eigenvalue weighted by Crippen LogP contribution is 2.25. The Morgan fingerprint density at radius 1 is 1.32 bits per heavy atom. The zero-order valence-corrected chi connectivity index (χ0v) is 19.6. The fourth-order valence-corrected chi connectivity index (χ4v) is 2.83. The Hall–Kier alpha value is -1.42. The van der Waals surface area contributed by atoms with Gasteiger partial charge in [-0.25, -0.2) is 9.38 Å². The van der Waals surface area contributed by atoms with E-state index in [0.717, 1.165) is 12.1 Å². The number of guanidine groups is 1. The van der Waals surface area contributed by atoms with Crippen LogP contribution >= 0.6 is 24.0 Å². The van der Waals surface area contributed by atoms with Gasteiger partial charge in [0.1, 0.15) is 18.5 Å². The summed E-state index contributed by atoms with van der Waals surface area (Å²) in [5.74, 6) is 0.852. The van der Waals surface area contributed by atoms with E-state index in [1.54, 1.807) is 26.2 Å².